The van der Waals surface area contributed by atoms with E-state index in [-0.39, 0.29) is 5.91 Å². The standard InChI is InChI=1S/C20H20N2O3/c1-24-17-9-10-19(25-14-15-6-3-2-4-7-15)18(12-17)20(23)22-16-8-5-11-21-13-16/h2-6,8-13,15H,7,14H2,1H3,(H,22,23). The fourth-order valence-corrected chi connectivity index (χ4v) is 2.53. The predicted octanol–water partition coefficient (Wildman–Crippen LogP) is 3.85. The maximum Gasteiger partial charge on any atom is 0.259 e. The van der Waals surface area contributed by atoms with Crippen LogP contribution in [0.5, 0.6) is 11.5 Å². The van der Waals surface area contributed by atoms with Crippen molar-refractivity contribution in [3.8, 4) is 11.5 Å². The Morgan fingerprint density at radius 2 is 2.24 bits per heavy atom. The summed E-state index contributed by atoms with van der Waals surface area (Å²) in [6.45, 7) is 0.514. The largest absolute Gasteiger partial charge is 0.497 e. The van der Waals surface area contributed by atoms with Gasteiger partial charge in [0, 0.05) is 12.1 Å². The van der Waals surface area contributed by atoms with Gasteiger partial charge in [0.25, 0.3) is 5.91 Å². The van der Waals surface area contributed by atoms with Crippen LogP contribution < -0.4 is 14.8 Å². The van der Waals surface area contributed by atoms with Crippen LogP contribution in [0.2, 0.25) is 0 Å². The van der Waals surface area contributed by atoms with Gasteiger partial charge in [0.1, 0.15) is 11.5 Å². The van der Waals surface area contributed by atoms with Gasteiger partial charge < -0.3 is 14.8 Å². The molecule has 1 amide bonds. The second-order valence-corrected chi connectivity index (χ2v) is 5.68. The minimum absolute atomic E-state index is 0.263. The van der Waals surface area contributed by atoms with Gasteiger partial charge in [-0.25, -0.2) is 0 Å². The lowest BCUT2D eigenvalue weighted by Gasteiger charge is -2.17. The molecule has 2 aromatic rings. The average molecular weight is 336 g/mol. The third-order valence-electron chi connectivity index (χ3n) is 3.87. The second-order valence-electron chi connectivity index (χ2n) is 5.68. The monoisotopic (exact) mass is 336 g/mol. The maximum atomic E-state index is 12.7. The summed E-state index contributed by atoms with van der Waals surface area (Å²) >= 11 is 0. The lowest BCUT2D eigenvalue weighted by molar-refractivity contribution is 0.102. The van der Waals surface area contributed by atoms with Crippen molar-refractivity contribution in [1.82, 2.24) is 4.98 Å². The van der Waals surface area contributed by atoms with E-state index in [0.29, 0.717) is 35.3 Å². The van der Waals surface area contributed by atoms with Crippen LogP contribution in [0.25, 0.3) is 0 Å². The number of hydrogen-bond donors (Lipinski definition) is 1. The predicted molar refractivity (Wildman–Crippen MR) is 97.1 cm³/mol. The van der Waals surface area contributed by atoms with E-state index in [1.807, 2.05) is 12.2 Å². The fraction of sp³-hybridized carbons (Fsp3) is 0.200. The summed E-state index contributed by atoms with van der Waals surface area (Å²) in [7, 11) is 1.57. The topological polar surface area (TPSA) is 60.5 Å². The molecule has 0 aliphatic heterocycles. The van der Waals surface area contributed by atoms with Gasteiger partial charge in [0.05, 0.1) is 31.2 Å². The van der Waals surface area contributed by atoms with Crippen LogP contribution in [0.15, 0.2) is 67.0 Å². The zero-order valence-electron chi connectivity index (χ0n) is 14.0. The number of carbonyl (C=O) groups is 1. The molecule has 1 aromatic heterocycles. The molecule has 1 atom stereocenters. The van der Waals surface area contributed by atoms with Crippen LogP contribution in [-0.4, -0.2) is 24.6 Å². The Morgan fingerprint density at radius 3 is 2.96 bits per heavy atom. The highest BCUT2D eigenvalue weighted by molar-refractivity contribution is 6.06. The molecule has 5 nitrogen and oxygen atoms in total. The first-order valence-corrected chi connectivity index (χ1v) is 8.12. The van der Waals surface area contributed by atoms with Crippen molar-refractivity contribution in [2.24, 2.45) is 5.92 Å². The van der Waals surface area contributed by atoms with E-state index in [1.54, 1.807) is 49.8 Å². The molecular weight excluding hydrogens is 316 g/mol. The Hall–Kier alpha value is -3.08. The van der Waals surface area contributed by atoms with Crippen LogP contribution in [0.4, 0.5) is 5.69 Å². The summed E-state index contributed by atoms with van der Waals surface area (Å²) in [5, 5.41) is 2.83. The Kier molecular flexibility index (Phi) is 5.46. The molecular formula is C20H20N2O3. The minimum atomic E-state index is -0.263. The highest BCUT2D eigenvalue weighted by atomic mass is 16.5. The molecule has 5 heteroatoms. The molecule has 0 fully saturated rings. The van der Waals surface area contributed by atoms with Gasteiger partial charge in [-0.2, -0.15) is 0 Å². The number of nitrogens with one attached hydrogen (secondary N) is 1. The first kappa shape index (κ1) is 16.8. The van der Waals surface area contributed by atoms with E-state index in [1.165, 1.54) is 0 Å². The van der Waals surface area contributed by atoms with Crippen molar-refractivity contribution >= 4 is 11.6 Å². The molecule has 0 bridgehead atoms. The molecule has 1 aliphatic rings. The van der Waals surface area contributed by atoms with Crippen molar-refractivity contribution in [1.29, 1.82) is 0 Å². The summed E-state index contributed by atoms with van der Waals surface area (Å²) in [5.41, 5.74) is 1.06. The van der Waals surface area contributed by atoms with Gasteiger partial charge in [-0.1, -0.05) is 24.3 Å². The number of ether oxygens (including phenoxy) is 2. The van der Waals surface area contributed by atoms with Crippen molar-refractivity contribution in [3.05, 3.63) is 72.6 Å². The number of benzene rings is 1. The van der Waals surface area contributed by atoms with Crippen LogP contribution >= 0.6 is 0 Å². The van der Waals surface area contributed by atoms with E-state index < -0.39 is 0 Å². The summed E-state index contributed by atoms with van der Waals surface area (Å²) in [6.07, 6.45) is 12.4. The minimum Gasteiger partial charge on any atom is -0.497 e. The molecule has 128 valence electrons. The number of carbonyl (C=O) groups excluding carboxylic acids is 1. The summed E-state index contributed by atoms with van der Waals surface area (Å²) in [4.78, 5) is 16.7. The quantitative estimate of drug-likeness (QED) is 0.870. The Bertz CT molecular complexity index is 785. The van der Waals surface area contributed by atoms with E-state index in [2.05, 4.69) is 22.5 Å². The molecule has 25 heavy (non-hydrogen) atoms. The third-order valence-corrected chi connectivity index (χ3v) is 3.87. The number of rotatable bonds is 6. The van der Waals surface area contributed by atoms with Crippen molar-refractivity contribution < 1.29 is 14.3 Å². The Balaban J connectivity index is 1.76. The number of pyridine rings is 1. The number of amides is 1. The van der Waals surface area contributed by atoms with Gasteiger partial charge in [0.2, 0.25) is 0 Å². The zero-order chi connectivity index (χ0) is 17.5. The maximum absolute atomic E-state index is 12.7. The number of nitrogens with zero attached hydrogens (tertiary/aromatic N) is 1. The summed E-state index contributed by atoms with van der Waals surface area (Å²) in [5.74, 6) is 1.18. The van der Waals surface area contributed by atoms with E-state index >= 15 is 0 Å². The SMILES string of the molecule is COc1ccc(OCC2C=CC=CC2)c(C(=O)Nc2cccnc2)c1. The zero-order valence-corrected chi connectivity index (χ0v) is 14.0. The van der Waals surface area contributed by atoms with Gasteiger partial charge in [-0.05, 0) is 36.8 Å². The van der Waals surface area contributed by atoms with Crippen LogP contribution in [0, 0.1) is 5.92 Å². The van der Waals surface area contributed by atoms with E-state index in [0.717, 1.165) is 6.42 Å². The fourth-order valence-electron chi connectivity index (χ4n) is 2.53. The van der Waals surface area contributed by atoms with Crippen molar-refractivity contribution in [2.75, 3.05) is 19.0 Å². The highest BCUT2D eigenvalue weighted by Gasteiger charge is 2.16. The Labute approximate surface area is 147 Å². The van der Waals surface area contributed by atoms with Gasteiger partial charge in [0.15, 0.2) is 0 Å². The molecule has 0 radical (unpaired) electrons. The van der Waals surface area contributed by atoms with Crippen molar-refractivity contribution in [2.45, 2.75) is 6.42 Å². The van der Waals surface area contributed by atoms with Crippen molar-refractivity contribution in [3.63, 3.8) is 0 Å². The van der Waals surface area contributed by atoms with Gasteiger partial charge in [-0.15, -0.1) is 0 Å². The molecule has 1 aromatic carbocycles. The van der Waals surface area contributed by atoms with Crippen LogP contribution in [0.3, 0.4) is 0 Å². The first-order valence-electron chi connectivity index (χ1n) is 8.12. The number of allylic oxidation sites excluding steroid dienone is 3. The van der Waals surface area contributed by atoms with Gasteiger partial charge >= 0.3 is 0 Å². The molecule has 0 spiro atoms. The molecule has 0 saturated heterocycles. The first-order chi connectivity index (χ1) is 12.3. The molecule has 0 saturated carbocycles. The van der Waals surface area contributed by atoms with Gasteiger partial charge in [-0.3, -0.25) is 9.78 Å². The average Bonchev–Trinajstić information content (AvgIpc) is 2.68. The summed E-state index contributed by atoms with van der Waals surface area (Å²) < 4.78 is 11.2. The Morgan fingerprint density at radius 1 is 1.32 bits per heavy atom. The summed E-state index contributed by atoms with van der Waals surface area (Å²) in [6, 6.07) is 8.77. The number of aromatic nitrogens is 1. The molecule has 1 aliphatic carbocycles. The van der Waals surface area contributed by atoms with Crippen LogP contribution in [-0.2, 0) is 0 Å². The number of methoxy groups -OCH3 is 1. The smallest absolute Gasteiger partial charge is 0.259 e. The second kappa shape index (κ2) is 8.15. The molecule has 3 rings (SSSR count). The molecule has 1 unspecified atom stereocenters. The van der Waals surface area contributed by atoms with E-state index in [4.69, 9.17) is 9.47 Å². The highest BCUT2D eigenvalue weighted by Crippen LogP contribution is 2.26. The lowest BCUT2D eigenvalue weighted by Crippen LogP contribution is -2.16. The van der Waals surface area contributed by atoms with Crippen LogP contribution in [0.1, 0.15) is 16.8 Å². The third kappa shape index (κ3) is 4.47. The lowest BCUT2D eigenvalue weighted by atomic mass is 10.0. The number of hydrogen-bond acceptors (Lipinski definition) is 4. The molecule has 1 N–H and O–H groups in total. The van der Waals surface area contributed by atoms with E-state index in [9.17, 15) is 4.79 Å². The molecule has 1 heterocycles. The number of anilines is 1. The normalized spacial score (nSPS) is 15.6.